The van der Waals surface area contributed by atoms with Crippen molar-refractivity contribution in [2.75, 3.05) is 17.8 Å². The van der Waals surface area contributed by atoms with Crippen molar-refractivity contribution in [1.82, 2.24) is 15.2 Å². The molecule has 1 amide bonds. The van der Waals surface area contributed by atoms with Crippen LogP contribution in [0.4, 0.5) is 23.2 Å². The molecule has 0 saturated heterocycles. The van der Waals surface area contributed by atoms with Gasteiger partial charge in [-0.05, 0) is 37.6 Å². The van der Waals surface area contributed by atoms with E-state index in [0.29, 0.717) is 6.07 Å². The molecule has 1 N–H and O–H groups in total. The number of anilines is 1. The number of amides is 1. The number of nitrogens with zero attached hydrogens (tertiary/aromatic N) is 3. The molecule has 10 nitrogen and oxygen atoms in total. The first-order chi connectivity index (χ1) is 16.9. The molecule has 3 aromatic rings. The predicted molar refractivity (Wildman–Crippen MR) is 121 cm³/mol. The Morgan fingerprint density at radius 1 is 1.00 bits per heavy atom. The summed E-state index contributed by atoms with van der Waals surface area (Å²) < 4.78 is 107. The number of alkyl halides is 3. The third-order valence-corrected chi connectivity index (χ3v) is 6.93. The van der Waals surface area contributed by atoms with E-state index in [1.165, 1.54) is 25.1 Å². The van der Waals surface area contributed by atoms with Crippen LogP contribution in [0.25, 0.3) is 0 Å². The van der Waals surface area contributed by atoms with Crippen LogP contribution in [0.3, 0.4) is 0 Å². The molecule has 0 unspecified atom stereocenters. The summed E-state index contributed by atoms with van der Waals surface area (Å²) in [6.07, 6.45) is -3.30. The number of aryl methyl sites for hydroxylation is 1. The van der Waals surface area contributed by atoms with Crippen molar-refractivity contribution in [2.24, 2.45) is 0 Å². The predicted octanol–water partition coefficient (Wildman–Crippen LogP) is 3.50. The molecule has 0 bridgehead atoms. The van der Waals surface area contributed by atoms with Gasteiger partial charge in [-0.2, -0.15) is 13.2 Å². The van der Waals surface area contributed by atoms with Crippen molar-refractivity contribution in [3.8, 4) is 11.6 Å². The Bertz CT molecular complexity index is 1600. The highest BCUT2D eigenvalue weighted by Crippen LogP contribution is 2.36. The Kier molecular flexibility index (Phi) is 7.29. The van der Waals surface area contributed by atoms with E-state index in [1.807, 2.05) is 0 Å². The Morgan fingerprint density at radius 3 is 2.19 bits per heavy atom. The molecule has 2 heterocycles. The average Bonchev–Trinajstić information content (AvgIpc) is 2.74. The molecule has 0 atom stereocenters. The maximum atomic E-state index is 14.7. The Hall–Kier alpha value is -3.66. The Balaban J connectivity index is 2.13. The molecule has 0 fully saturated rings. The molecule has 0 aliphatic rings. The van der Waals surface area contributed by atoms with Crippen LogP contribution in [0.15, 0.2) is 40.3 Å². The van der Waals surface area contributed by atoms with E-state index in [4.69, 9.17) is 4.74 Å². The minimum absolute atomic E-state index is 0.0785. The maximum Gasteiger partial charge on any atom is 0.435 e. The minimum atomic E-state index is -5.01. The molecule has 0 spiro atoms. The molecule has 37 heavy (non-hydrogen) atoms. The molecular weight excluding hydrogens is 544 g/mol. The lowest BCUT2D eigenvalue weighted by molar-refractivity contribution is -0.142. The summed E-state index contributed by atoms with van der Waals surface area (Å²) in [6.45, 7) is 2.09. The third kappa shape index (κ3) is 6.19. The largest absolute Gasteiger partial charge is 0.435 e. The SMILES string of the molecule is Cc1nc(S(C)(=O)=O)cc(F)c1Oc1nnc(C(F)(F)F)c(C)c1C(=O)Nc1cccc(S(C)(=O)=O)c1. The Labute approximate surface area is 208 Å². The molecule has 0 aliphatic carbocycles. The van der Waals surface area contributed by atoms with Gasteiger partial charge in [0.05, 0.1) is 10.6 Å². The molecule has 0 saturated carbocycles. The zero-order chi connectivity index (χ0) is 27.9. The first-order valence-corrected chi connectivity index (χ1v) is 13.8. The number of rotatable bonds is 6. The second-order valence-electron chi connectivity index (χ2n) is 7.84. The maximum absolute atomic E-state index is 14.7. The zero-order valence-corrected chi connectivity index (χ0v) is 21.1. The van der Waals surface area contributed by atoms with Crippen LogP contribution in [-0.2, 0) is 25.9 Å². The van der Waals surface area contributed by atoms with E-state index >= 15 is 0 Å². The van der Waals surface area contributed by atoms with Gasteiger partial charge in [0.15, 0.2) is 42.0 Å². The van der Waals surface area contributed by atoms with E-state index in [9.17, 15) is 39.2 Å². The fourth-order valence-corrected chi connectivity index (χ4v) is 4.40. The van der Waals surface area contributed by atoms with Gasteiger partial charge in [0.25, 0.3) is 11.8 Å². The summed E-state index contributed by atoms with van der Waals surface area (Å²) >= 11 is 0. The third-order valence-electron chi connectivity index (χ3n) is 4.85. The number of hydrogen-bond acceptors (Lipinski definition) is 9. The van der Waals surface area contributed by atoms with Crippen molar-refractivity contribution in [1.29, 1.82) is 0 Å². The topological polar surface area (TPSA) is 145 Å². The quantitative estimate of drug-likeness (QED) is 0.446. The zero-order valence-electron chi connectivity index (χ0n) is 19.5. The van der Waals surface area contributed by atoms with Crippen molar-refractivity contribution in [3.05, 3.63) is 58.7 Å². The number of pyridine rings is 1. The number of halogens is 4. The number of benzene rings is 1. The minimum Gasteiger partial charge on any atom is -0.432 e. The van der Waals surface area contributed by atoms with Gasteiger partial charge in [-0.1, -0.05) is 6.07 Å². The second-order valence-corrected chi connectivity index (χ2v) is 11.8. The lowest BCUT2D eigenvalue weighted by atomic mass is 10.1. The number of ether oxygens (including phenoxy) is 1. The lowest BCUT2D eigenvalue weighted by Gasteiger charge is -2.17. The summed E-state index contributed by atoms with van der Waals surface area (Å²) in [5.41, 5.74) is -3.39. The number of carbonyl (C=O) groups excluding carboxylic acids is 1. The second kappa shape index (κ2) is 9.66. The molecule has 0 aliphatic heterocycles. The van der Waals surface area contributed by atoms with E-state index in [-0.39, 0.29) is 16.3 Å². The van der Waals surface area contributed by atoms with Gasteiger partial charge in [-0.25, -0.2) is 26.2 Å². The molecule has 3 rings (SSSR count). The van der Waals surface area contributed by atoms with Gasteiger partial charge in [0.2, 0.25) is 0 Å². The number of hydrogen-bond donors (Lipinski definition) is 1. The van der Waals surface area contributed by atoms with Crippen LogP contribution in [-0.4, -0.2) is 50.4 Å². The van der Waals surface area contributed by atoms with E-state index < -0.39 is 71.1 Å². The summed E-state index contributed by atoms with van der Waals surface area (Å²) in [5, 5.41) is 8.02. The van der Waals surface area contributed by atoms with Crippen LogP contribution >= 0.6 is 0 Å². The number of aromatic nitrogens is 3. The van der Waals surface area contributed by atoms with E-state index in [0.717, 1.165) is 25.5 Å². The molecule has 16 heteroatoms. The highest BCUT2D eigenvalue weighted by atomic mass is 32.2. The fraction of sp³-hybridized carbons (Fsp3) is 0.238. The monoisotopic (exact) mass is 562 g/mol. The molecular formula is C21H18F4N4O6S2. The first kappa shape index (κ1) is 27.9. The molecule has 2 aromatic heterocycles. The van der Waals surface area contributed by atoms with Gasteiger partial charge in [0.1, 0.15) is 5.56 Å². The fourth-order valence-electron chi connectivity index (χ4n) is 3.11. The molecule has 0 radical (unpaired) electrons. The van der Waals surface area contributed by atoms with Crippen LogP contribution in [0.2, 0.25) is 0 Å². The number of carbonyl (C=O) groups is 1. The smallest absolute Gasteiger partial charge is 0.432 e. The summed E-state index contributed by atoms with van der Waals surface area (Å²) in [4.78, 5) is 16.6. The van der Waals surface area contributed by atoms with Crippen LogP contribution in [0, 0.1) is 19.7 Å². The number of sulfone groups is 2. The van der Waals surface area contributed by atoms with Crippen molar-refractivity contribution < 1.29 is 43.9 Å². The standard InChI is InChI=1S/C21H18F4N4O6S2/c1-10-16(19(30)27-12-6-5-7-13(8-12)36(3,31)32)20(29-28-18(10)21(23,24)25)35-17-11(2)26-15(9-14(17)22)37(4,33)34/h5-9H,1-4H3,(H,27,30). The van der Waals surface area contributed by atoms with Crippen molar-refractivity contribution >= 4 is 31.3 Å². The highest BCUT2D eigenvalue weighted by Gasteiger charge is 2.38. The van der Waals surface area contributed by atoms with Gasteiger partial charge >= 0.3 is 6.18 Å². The normalized spacial score (nSPS) is 12.3. The van der Waals surface area contributed by atoms with Gasteiger partial charge in [0, 0.05) is 24.3 Å². The number of nitrogens with one attached hydrogen (secondary N) is 1. The summed E-state index contributed by atoms with van der Waals surface area (Å²) in [7, 11) is -7.57. The van der Waals surface area contributed by atoms with Crippen LogP contribution in [0.1, 0.15) is 27.3 Å². The van der Waals surface area contributed by atoms with Crippen molar-refractivity contribution in [2.45, 2.75) is 29.9 Å². The molecule has 1 aromatic carbocycles. The van der Waals surface area contributed by atoms with Gasteiger partial charge < -0.3 is 10.1 Å². The summed E-state index contributed by atoms with van der Waals surface area (Å²) in [5.74, 6) is -3.97. The van der Waals surface area contributed by atoms with Gasteiger partial charge in [-0.3, -0.25) is 4.79 Å². The lowest BCUT2D eigenvalue weighted by Crippen LogP contribution is -2.21. The summed E-state index contributed by atoms with van der Waals surface area (Å²) in [6, 6.07) is 5.47. The highest BCUT2D eigenvalue weighted by molar-refractivity contribution is 7.91. The molecule has 198 valence electrons. The first-order valence-electron chi connectivity index (χ1n) is 10.0. The van der Waals surface area contributed by atoms with E-state index in [2.05, 4.69) is 20.5 Å². The van der Waals surface area contributed by atoms with Crippen LogP contribution < -0.4 is 10.1 Å². The van der Waals surface area contributed by atoms with Crippen molar-refractivity contribution in [3.63, 3.8) is 0 Å². The Morgan fingerprint density at radius 2 is 1.65 bits per heavy atom. The average molecular weight is 563 g/mol. The van der Waals surface area contributed by atoms with Crippen LogP contribution in [0.5, 0.6) is 11.6 Å². The van der Waals surface area contributed by atoms with E-state index in [1.54, 1.807) is 0 Å². The van der Waals surface area contributed by atoms with Gasteiger partial charge in [-0.15, -0.1) is 10.2 Å².